The maximum Gasteiger partial charge on any atom is 0.272 e. The van der Waals surface area contributed by atoms with Gasteiger partial charge in [0.1, 0.15) is 10.1 Å². The van der Waals surface area contributed by atoms with E-state index in [0.29, 0.717) is 33.9 Å². The predicted octanol–water partition coefficient (Wildman–Crippen LogP) is 4.81. The zero-order valence-electron chi connectivity index (χ0n) is 15.3. The highest BCUT2D eigenvalue weighted by atomic mass is 79.9. The van der Waals surface area contributed by atoms with E-state index in [4.69, 9.17) is 9.47 Å². The van der Waals surface area contributed by atoms with E-state index in [1.165, 1.54) is 4.40 Å². The lowest BCUT2D eigenvalue weighted by atomic mass is 10.1. The third kappa shape index (κ3) is 4.22. The van der Waals surface area contributed by atoms with Crippen molar-refractivity contribution in [2.75, 3.05) is 13.7 Å². The quantitative estimate of drug-likeness (QED) is 0.506. The maximum absolute atomic E-state index is 12.5. The number of unbranched alkanes of at least 4 members (excludes halogenated alkanes) is 1. The number of halogens is 1. The molecule has 0 aliphatic heterocycles. The van der Waals surface area contributed by atoms with Gasteiger partial charge in [0.05, 0.1) is 19.4 Å². The molecule has 0 unspecified atom stereocenters. The van der Waals surface area contributed by atoms with Crippen LogP contribution in [0.5, 0.6) is 11.5 Å². The zero-order chi connectivity index (χ0) is 19.2. The van der Waals surface area contributed by atoms with E-state index >= 15 is 0 Å². The Morgan fingerprint density at radius 3 is 2.81 bits per heavy atom. The summed E-state index contributed by atoms with van der Waals surface area (Å²) in [4.78, 5) is 17.1. The Hall–Kier alpha value is -2.60. The number of ether oxygens (including phenoxy) is 2. The lowest BCUT2D eigenvalue weighted by Crippen LogP contribution is -2.16. The third-order valence-corrected chi connectivity index (χ3v) is 4.84. The first-order chi connectivity index (χ1) is 13.2. The number of benzene rings is 1. The summed E-state index contributed by atoms with van der Waals surface area (Å²) in [5.41, 5.74) is 1.88. The van der Waals surface area contributed by atoms with Gasteiger partial charge in [-0.2, -0.15) is 0 Å². The smallest absolute Gasteiger partial charge is 0.272 e. The van der Waals surface area contributed by atoms with Crippen LogP contribution in [-0.2, 0) is 0 Å². The van der Waals surface area contributed by atoms with Crippen LogP contribution in [-0.4, -0.2) is 23.1 Å². The van der Waals surface area contributed by atoms with Crippen molar-refractivity contribution in [1.29, 1.82) is 0 Å². The number of methoxy groups -OCH3 is 1. The van der Waals surface area contributed by atoms with E-state index in [9.17, 15) is 4.79 Å². The van der Waals surface area contributed by atoms with E-state index in [-0.39, 0.29) is 5.56 Å². The molecule has 0 fully saturated rings. The highest BCUT2D eigenvalue weighted by Gasteiger charge is 2.10. The Balaban J connectivity index is 2.00. The van der Waals surface area contributed by atoms with Gasteiger partial charge in [-0.3, -0.25) is 9.20 Å². The third-order valence-electron chi connectivity index (χ3n) is 4.10. The topological polar surface area (TPSA) is 52.8 Å². The fourth-order valence-electron chi connectivity index (χ4n) is 2.66. The van der Waals surface area contributed by atoms with Gasteiger partial charge in [-0.15, -0.1) is 0 Å². The number of fused-ring (bicyclic) bond motifs is 1. The van der Waals surface area contributed by atoms with Crippen molar-refractivity contribution in [3.8, 4) is 11.5 Å². The van der Waals surface area contributed by atoms with Crippen LogP contribution in [0.1, 0.15) is 31.0 Å². The van der Waals surface area contributed by atoms with Crippen LogP contribution in [0.25, 0.3) is 17.8 Å². The van der Waals surface area contributed by atoms with Gasteiger partial charge in [0.2, 0.25) is 0 Å². The molecule has 2 heterocycles. The largest absolute Gasteiger partial charge is 0.493 e. The lowest BCUT2D eigenvalue weighted by molar-refractivity contribution is 0.287. The Bertz CT molecular complexity index is 1030. The molecule has 0 amide bonds. The molecule has 1 aromatic carbocycles. The van der Waals surface area contributed by atoms with E-state index < -0.39 is 0 Å². The summed E-state index contributed by atoms with van der Waals surface area (Å²) in [6.45, 7) is 2.74. The number of rotatable bonds is 7. The number of hydrogen-bond donors (Lipinski definition) is 0. The highest BCUT2D eigenvalue weighted by Crippen LogP contribution is 2.32. The molecule has 3 rings (SSSR count). The Labute approximate surface area is 166 Å². The van der Waals surface area contributed by atoms with Crippen LogP contribution >= 0.6 is 15.9 Å². The van der Waals surface area contributed by atoms with Crippen molar-refractivity contribution in [2.45, 2.75) is 19.8 Å². The van der Waals surface area contributed by atoms with E-state index in [1.807, 2.05) is 30.3 Å². The molecule has 5 nitrogen and oxygen atoms in total. The molecule has 0 N–H and O–H groups in total. The molecule has 0 aliphatic rings. The lowest BCUT2D eigenvalue weighted by Gasteiger charge is -2.13. The summed E-state index contributed by atoms with van der Waals surface area (Å²) in [6, 6.07) is 11.2. The van der Waals surface area contributed by atoms with Gasteiger partial charge in [-0.05, 0) is 52.7 Å². The second-order valence-electron chi connectivity index (χ2n) is 5.96. The van der Waals surface area contributed by atoms with Crippen LogP contribution in [0.15, 0.2) is 51.9 Å². The SMILES string of the molecule is CCCCOc1c(C=Cc2nc3ccccn3c(=O)c2Br)cccc1OC. The minimum atomic E-state index is -0.148. The van der Waals surface area contributed by atoms with Gasteiger partial charge in [0.25, 0.3) is 5.56 Å². The molecule has 0 radical (unpaired) electrons. The molecule has 0 spiro atoms. The summed E-state index contributed by atoms with van der Waals surface area (Å²) in [5, 5.41) is 0. The first kappa shape index (κ1) is 19.2. The molecule has 0 atom stereocenters. The normalized spacial score (nSPS) is 11.2. The summed E-state index contributed by atoms with van der Waals surface area (Å²) >= 11 is 3.37. The fraction of sp³-hybridized carbons (Fsp3) is 0.238. The summed E-state index contributed by atoms with van der Waals surface area (Å²) in [6.07, 6.45) is 7.41. The van der Waals surface area contributed by atoms with Gasteiger partial charge in [0, 0.05) is 11.8 Å². The van der Waals surface area contributed by atoms with Crippen molar-refractivity contribution >= 4 is 33.7 Å². The maximum atomic E-state index is 12.5. The van der Waals surface area contributed by atoms with Gasteiger partial charge in [-0.25, -0.2) is 4.98 Å². The van der Waals surface area contributed by atoms with Crippen LogP contribution in [0.4, 0.5) is 0 Å². The minimum absolute atomic E-state index is 0.148. The average molecular weight is 429 g/mol. The molecule has 0 bridgehead atoms. The fourth-order valence-corrected chi connectivity index (χ4v) is 3.07. The van der Waals surface area contributed by atoms with Crippen molar-refractivity contribution < 1.29 is 9.47 Å². The predicted molar refractivity (Wildman–Crippen MR) is 111 cm³/mol. The summed E-state index contributed by atoms with van der Waals surface area (Å²) < 4.78 is 13.3. The Morgan fingerprint density at radius 1 is 1.19 bits per heavy atom. The molecule has 2 aromatic heterocycles. The minimum Gasteiger partial charge on any atom is -0.493 e. The molecule has 140 valence electrons. The second kappa shape index (κ2) is 8.86. The number of aromatic nitrogens is 2. The van der Waals surface area contributed by atoms with Crippen molar-refractivity contribution in [3.05, 3.63) is 68.7 Å². The number of pyridine rings is 1. The van der Waals surface area contributed by atoms with Crippen LogP contribution < -0.4 is 15.0 Å². The molecule has 0 saturated carbocycles. The standard InChI is InChI=1S/C21H21BrN2O3/c1-3-4-14-27-20-15(8-7-9-17(20)26-2)11-12-16-19(22)21(25)24-13-6-5-10-18(24)23-16/h5-13H,3-4,14H2,1-2H3. The Morgan fingerprint density at radius 2 is 2.04 bits per heavy atom. The molecular weight excluding hydrogens is 408 g/mol. The first-order valence-electron chi connectivity index (χ1n) is 8.80. The number of nitrogens with zero attached hydrogens (tertiary/aromatic N) is 2. The molecule has 0 saturated heterocycles. The summed E-state index contributed by atoms with van der Waals surface area (Å²) in [7, 11) is 1.62. The van der Waals surface area contributed by atoms with E-state index in [2.05, 4.69) is 27.8 Å². The first-order valence-corrected chi connectivity index (χ1v) is 9.59. The van der Waals surface area contributed by atoms with Crippen LogP contribution in [0.3, 0.4) is 0 Å². The van der Waals surface area contributed by atoms with E-state index in [0.717, 1.165) is 18.4 Å². The van der Waals surface area contributed by atoms with E-state index in [1.54, 1.807) is 31.5 Å². The molecule has 3 aromatic rings. The Kier molecular flexibility index (Phi) is 6.29. The highest BCUT2D eigenvalue weighted by molar-refractivity contribution is 9.10. The number of para-hydroxylation sites is 1. The van der Waals surface area contributed by atoms with Crippen LogP contribution in [0, 0.1) is 0 Å². The van der Waals surface area contributed by atoms with Gasteiger partial charge in [-0.1, -0.05) is 31.5 Å². The average Bonchev–Trinajstić information content (AvgIpc) is 2.70. The van der Waals surface area contributed by atoms with Crippen molar-refractivity contribution in [3.63, 3.8) is 0 Å². The number of hydrogen-bond acceptors (Lipinski definition) is 4. The monoisotopic (exact) mass is 428 g/mol. The molecule has 27 heavy (non-hydrogen) atoms. The molecule has 0 aliphatic carbocycles. The second-order valence-corrected chi connectivity index (χ2v) is 6.75. The summed E-state index contributed by atoms with van der Waals surface area (Å²) in [5.74, 6) is 1.37. The molecular formula is C21H21BrN2O3. The molecule has 6 heteroatoms. The van der Waals surface area contributed by atoms with Crippen molar-refractivity contribution in [1.82, 2.24) is 9.38 Å². The zero-order valence-corrected chi connectivity index (χ0v) is 16.9. The van der Waals surface area contributed by atoms with Gasteiger partial charge < -0.3 is 9.47 Å². The van der Waals surface area contributed by atoms with Gasteiger partial charge in [0.15, 0.2) is 11.5 Å². The van der Waals surface area contributed by atoms with Crippen LogP contribution in [0.2, 0.25) is 0 Å². The van der Waals surface area contributed by atoms with Crippen molar-refractivity contribution in [2.24, 2.45) is 0 Å². The van der Waals surface area contributed by atoms with Gasteiger partial charge >= 0.3 is 0 Å².